The summed E-state index contributed by atoms with van der Waals surface area (Å²) in [6.45, 7) is 1.41. The SMILES string of the molecule is CN(Cc1c(F)cccc1Cl)C[C@H](O)COCc1ccc2c(c1)OCO2. The minimum absolute atomic E-state index is 0.170. The van der Waals surface area contributed by atoms with E-state index < -0.39 is 6.10 Å². The van der Waals surface area contributed by atoms with Gasteiger partial charge in [0, 0.05) is 23.7 Å². The molecule has 0 bridgehead atoms. The van der Waals surface area contributed by atoms with Crippen molar-refractivity contribution in [2.75, 3.05) is 27.0 Å². The molecule has 0 aliphatic carbocycles. The van der Waals surface area contributed by atoms with Crippen molar-refractivity contribution < 1.29 is 23.7 Å². The molecule has 0 radical (unpaired) electrons. The van der Waals surface area contributed by atoms with Crippen LogP contribution in [0.1, 0.15) is 11.1 Å². The second-order valence-electron chi connectivity index (χ2n) is 6.25. The van der Waals surface area contributed by atoms with Crippen LogP contribution >= 0.6 is 11.6 Å². The first-order valence-corrected chi connectivity index (χ1v) is 8.66. The largest absolute Gasteiger partial charge is 0.454 e. The Morgan fingerprint density at radius 3 is 2.88 bits per heavy atom. The van der Waals surface area contributed by atoms with Crippen LogP contribution in [0.4, 0.5) is 4.39 Å². The number of fused-ring (bicyclic) bond motifs is 1. The Morgan fingerprint density at radius 1 is 1.27 bits per heavy atom. The molecule has 26 heavy (non-hydrogen) atoms. The van der Waals surface area contributed by atoms with E-state index in [4.69, 9.17) is 25.8 Å². The van der Waals surface area contributed by atoms with Crippen molar-refractivity contribution in [3.63, 3.8) is 0 Å². The van der Waals surface area contributed by atoms with Crippen molar-refractivity contribution in [3.05, 3.63) is 58.4 Å². The van der Waals surface area contributed by atoms with Crippen LogP contribution in [0.25, 0.3) is 0 Å². The molecule has 7 heteroatoms. The van der Waals surface area contributed by atoms with Gasteiger partial charge in [0.25, 0.3) is 0 Å². The molecule has 1 aliphatic heterocycles. The van der Waals surface area contributed by atoms with Crippen molar-refractivity contribution in [3.8, 4) is 11.5 Å². The monoisotopic (exact) mass is 381 g/mol. The average Bonchev–Trinajstić information content (AvgIpc) is 3.06. The van der Waals surface area contributed by atoms with Crippen molar-refractivity contribution in [1.29, 1.82) is 0 Å². The Labute approximate surface area is 156 Å². The quantitative estimate of drug-likeness (QED) is 0.761. The summed E-state index contributed by atoms with van der Waals surface area (Å²) in [5.41, 5.74) is 1.36. The van der Waals surface area contributed by atoms with E-state index in [-0.39, 0.29) is 19.2 Å². The molecule has 1 atom stereocenters. The van der Waals surface area contributed by atoms with Gasteiger partial charge in [0.05, 0.1) is 19.3 Å². The van der Waals surface area contributed by atoms with Gasteiger partial charge in [-0.05, 0) is 36.9 Å². The van der Waals surface area contributed by atoms with Gasteiger partial charge in [0.1, 0.15) is 5.82 Å². The van der Waals surface area contributed by atoms with Gasteiger partial charge in [-0.2, -0.15) is 0 Å². The lowest BCUT2D eigenvalue weighted by Gasteiger charge is -2.21. The zero-order chi connectivity index (χ0) is 18.5. The van der Waals surface area contributed by atoms with Crippen LogP contribution in [0.15, 0.2) is 36.4 Å². The molecule has 2 aromatic carbocycles. The highest BCUT2D eigenvalue weighted by atomic mass is 35.5. The fourth-order valence-corrected chi connectivity index (χ4v) is 3.00. The third kappa shape index (κ3) is 4.86. The molecule has 1 heterocycles. The molecule has 0 fully saturated rings. The minimum atomic E-state index is -0.695. The summed E-state index contributed by atoms with van der Waals surface area (Å²) in [7, 11) is 1.80. The molecule has 5 nitrogen and oxygen atoms in total. The summed E-state index contributed by atoms with van der Waals surface area (Å²) in [6.07, 6.45) is -0.695. The van der Waals surface area contributed by atoms with Crippen molar-refractivity contribution >= 4 is 11.6 Å². The zero-order valence-corrected chi connectivity index (χ0v) is 15.2. The fraction of sp³-hybridized carbons (Fsp3) is 0.368. The lowest BCUT2D eigenvalue weighted by atomic mass is 10.2. The Kier molecular flexibility index (Phi) is 6.32. The number of aliphatic hydroxyl groups excluding tert-OH is 1. The predicted molar refractivity (Wildman–Crippen MR) is 96.0 cm³/mol. The van der Waals surface area contributed by atoms with Crippen LogP contribution in [-0.2, 0) is 17.9 Å². The molecule has 1 aliphatic rings. The summed E-state index contributed by atoms with van der Waals surface area (Å²) >= 11 is 6.03. The summed E-state index contributed by atoms with van der Waals surface area (Å²) in [5, 5.41) is 10.5. The number of ether oxygens (including phenoxy) is 3. The molecule has 3 rings (SSSR count). The van der Waals surface area contributed by atoms with Gasteiger partial charge in [-0.3, -0.25) is 4.90 Å². The molecular formula is C19H21ClFNO4. The highest BCUT2D eigenvalue weighted by molar-refractivity contribution is 6.31. The standard InChI is InChI=1S/C19H21ClFNO4/c1-22(9-15-16(20)3-2-4-17(15)21)8-14(23)11-24-10-13-5-6-18-19(7-13)26-12-25-18/h2-7,14,23H,8-12H2,1H3/t14-/m0/s1. The number of likely N-dealkylation sites (N-methyl/N-ethyl adjacent to an activating group) is 1. The van der Waals surface area contributed by atoms with Crippen LogP contribution < -0.4 is 9.47 Å². The molecule has 1 N–H and O–H groups in total. The normalized spacial score (nSPS) is 14.0. The van der Waals surface area contributed by atoms with E-state index in [2.05, 4.69) is 0 Å². The highest BCUT2D eigenvalue weighted by Crippen LogP contribution is 2.32. The third-order valence-corrected chi connectivity index (χ3v) is 4.38. The maximum atomic E-state index is 13.8. The Bertz CT molecular complexity index is 738. The van der Waals surface area contributed by atoms with Gasteiger partial charge in [-0.25, -0.2) is 4.39 Å². The topological polar surface area (TPSA) is 51.2 Å². The lowest BCUT2D eigenvalue weighted by molar-refractivity contribution is 0.0125. The Morgan fingerprint density at radius 2 is 2.08 bits per heavy atom. The van der Waals surface area contributed by atoms with E-state index in [0.717, 1.165) is 11.3 Å². The Balaban J connectivity index is 1.43. The molecule has 0 saturated carbocycles. The van der Waals surface area contributed by atoms with Gasteiger partial charge in [-0.15, -0.1) is 0 Å². The number of benzene rings is 2. The predicted octanol–water partition coefficient (Wildman–Crippen LogP) is 3.22. The van der Waals surface area contributed by atoms with Crippen LogP contribution in [-0.4, -0.2) is 43.1 Å². The first kappa shape index (κ1) is 18.9. The van der Waals surface area contributed by atoms with E-state index in [9.17, 15) is 9.50 Å². The van der Waals surface area contributed by atoms with E-state index in [0.29, 0.717) is 36.0 Å². The molecule has 0 amide bonds. The van der Waals surface area contributed by atoms with Crippen LogP contribution in [0, 0.1) is 5.82 Å². The van der Waals surface area contributed by atoms with Gasteiger partial charge in [0.2, 0.25) is 6.79 Å². The number of hydrogen-bond donors (Lipinski definition) is 1. The van der Waals surface area contributed by atoms with Gasteiger partial charge < -0.3 is 19.3 Å². The van der Waals surface area contributed by atoms with Crippen molar-refractivity contribution in [2.45, 2.75) is 19.3 Å². The minimum Gasteiger partial charge on any atom is -0.454 e. The maximum Gasteiger partial charge on any atom is 0.231 e. The highest BCUT2D eigenvalue weighted by Gasteiger charge is 2.15. The van der Waals surface area contributed by atoms with Crippen LogP contribution in [0.3, 0.4) is 0 Å². The maximum absolute atomic E-state index is 13.8. The fourth-order valence-electron chi connectivity index (χ4n) is 2.77. The molecule has 140 valence electrons. The number of aliphatic hydroxyl groups is 1. The summed E-state index contributed by atoms with van der Waals surface area (Å²) < 4.78 is 30.0. The number of rotatable bonds is 8. The Hall–Kier alpha value is -1.86. The van der Waals surface area contributed by atoms with E-state index in [1.807, 2.05) is 18.2 Å². The van der Waals surface area contributed by atoms with E-state index >= 15 is 0 Å². The second kappa shape index (κ2) is 8.68. The number of hydrogen-bond acceptors (Lipinski definition) is 5. The summed E-state index contributed by atoms with van der Waals surface area (Å²) in [5.74, 6) is 1.08. The molecule has 0 aromatic heterocycles. The van der Waals surface area contributed by atoms with Crippen molar-refractivity contribution in [2.24, 2.45) is 0 Å². The van der Waals surface area contributed by atoms with Gasteiger partial charge in [-0.1, -0.05) is 23.7 Å². The first-order chi connectivity index (χ1) is 12.5. The van der Waals surface area contributed by atoms with Crippen molar-refractivity contribution in [1.82, 2.24) is 4.90 Å². The lowest BCUT2D eigenvalue weighted by Crippen LogP contribution is -2.32. The molecule has 0 saturated heterocycles. The molecule has 0 unspecified atom stereocenters. The first-order valence-electron chi connectivity index (χ1n) is 8.28. The smallest absolute Gasteiger partial charge is 0.231 e. The van der Waals surface area contributed by atoms with Crippen LogP contribution in [0.2, 0.25) is 5.02 Å². The number of halogens is 2. The molecule has 0 spiro atoms. The third-order valence-electron chi connectivity index (χ3n) is 4.03. The molecular weight excluding hydrogens is 361 g/mol. The van der Waals surface area contributed by atoms with Gasteiger partial charge in [0.15, 0.2) is 11.5 Å². The summed E-state index contributed by atoms with van der Waals surface area (Å²) in [4.78, 5) is 1.80. The second-order valence-corrected chi connectivity index (χ2v) is 6.66. The number of nitrogens with zero attached hydrogens (tertiary/aromatic N) is 1. The molecule has 2 aromatic rings. The summed E-state index contributed by atoms with van der Waals surface area (Å²) in [6, 6.07) is 10.2. The van der Waals surface area contributed by atoms with E-state index in [1.165, 1.54) is 6.07 Å². The zero-order valence-electron chi connectivity index (χ0n) is 14.5. The van der Waals surface area contributed by atoms with E-state index in [1.54, 1.807) is 24.1 Å². The van der Waals surface area contributed by atoms with Crippen LogP contribution in [0.5, 0.6) is 11.5 Å². The average molecular weight is 382 g/mol. The van der Waals surface area contributed by atoms with Gasteiger partial charge >= 0.3 is 0 Å².